The minimum absolute atomic E-state index is 0.0470. The van der Waals surface area contributed by atoms with Crippen LogP contribution in [0.2, 0.25) is 0 Å². The van der Waals surface area contributed by atoms with Crippen LogP contribution in [0.15, 0.2) is 48.5 Å². The van der Waals surface area contributed by atoms with E-state index >= 15 is 0 Å². The van der Waals surface area contributed by atoms with E-state index in [1.54, 1.807) is 18.2 Å². The summed E-state index contributed by atoms with van der Waals surface area (Å²) in [6.07, 6.45) is 1.31. The summed E-state index contributed by atoms with van der Waals surface area (Å²) in [7, 11) is 0. The molecule has 1 saturated carbocycles. The molecule has 140 valence electrons. The molecular weight excluding hydrogens is 342 g/mol. The first-order chi connectivity index (χ1) is 12.9. The van der Waals surface area contributed by atoms with E-state index in [2.05, 4.69) is 24.5 Å². The van der Waals surface area contributed by atoms with Gasteiger partial charge in [0, 0.05) is 18.5 Å². The van der Waals surface area contributed by atoms with E-state index in [0.717, 1.165) is 17.8 Å². The molecule has 1 aliphatic heterocycles. The van der Waals surface area contributed by atoms with Crippen molar-refractivity contribution in [1.82, 2.24) is 0 Å². The number of anilines is 2. The maximum atomic E-state index is 13.2. The number of nitro benzene ring substituents is 1. The molecule has 0 bridgehead atoms. The second-order valence-corrected chi connectivity index (χ2v) is 8.27. The minimum Gasteiger partial charge on any atom is -0.380 e. The normalized spacial score (nSPS) is 26.0. The number of carbonyl (C=O) groups is 1. The van der Waals surface area contributed by atoms with Gasteiger partial charge in [0.15, 0.2) is 0 Å². The second-order valence-electron chi connectivity index (χ2n) is 8.27. The van der Waals surface area contributed by atoms with Gasteiger partial charge in [-0.25, -0.2) is 0 Å². The van der Waals surface area contributed by atoms with Gasteiger partial charge >= 0.3 is 0 Å². The number of nitrogens with zero attached hydrogens (tertiary/aromatic N) is 1. The lowest BCUT2D eigenvalue weighted by Crippen LogP contribution is -2.47. The predicted molar refractivity (Wildman–Crippen MR) is 105 cm³/mol. The largest absolute Gasteiger partial charge is 0.380 e. The van der Waals surface area contributed by atoms with E-state index in [9.17, 15) is 14.9 Å². The lowest BCUT2D eigenvalue weighted by Gasteiger charge is -2.41. The summed E-state index contributed by atoms with van der Waals surface area (Å²) in [5.74, 6) is -0.223. The van der Waals surface area contributed by atoms with Crippen LogP contribution in [0.25, 0.3) is 0 Å². The van der Waals surface area contributed by atoms with Crippen LogP contribution in [-0.2, 0) is 4.79 Å². The van der Waals surface area contributed by atoms with Gasteiger partial charge in [-0.05, 0) is 24.0 Å². The van der Waals surface area contributed by atoms with Gasteiger partial charge in [0.25, 0.3) is 5.69 Å². The van der Waals surface area contributed by atoms with Gasteiger partial charge in [0.2, 0.25) is 0 Å². The number of hydrogen-bond acceptors (Lipinski definition) is 5. The van der Waals surface area contributed by atoms with Crippen molar-refractivity contribution in [3.05, 3.63) is 64.2 Å². The van der Waals surface area contributed by atoms with Crippen molar-refractivity contribution in [3.8, 4) is 0 Å². The van der Waals surface area contributed by atoms with E-state index in [1.807, 2.05) is 24.3 Å². The standard InChI is InChI=1S/C21H23N3O3/c1-21(2)11-16-19(18(25)12-21)20(13-7-3-6-10-17(13)24(26)27)23-15-9-5-4-8-14(15)22-16/h3-10,16,19-20,22-23H,11-12H2,1-2H3/t16-,19-,20-/m0/s1. The third-order valence-electron chi connectivity index (χ3n) is 5.64. The van der Waals surface area contributed by atoms with Crippen molar-refractivity contribution < 1.29 is 9.72 Å². The molecule has 0 saturated heterocycles. The molecule has 1 aliphatic carbocycles. The number of nitro groups is 1. The van der Waals surface area contributed by atoms with Crippen LogP contribution in [0.1, 0.15) is 38.3 Å². The van der Waals surface area contributed by atoms with E-state index in [4.69, 9.17) is 0 Å². The highest BCUT2D eigenvalue weighted by atomic mass is 16.6. The van der Waals surface area contributed by atoms with Crippen LogP contribution in [0.3, 0.4) is 0 Å². The summed E-state index contributed by atoms with van der Waals surface area (Å²) in [6.45, 7) is 4.21. The molecule has 1 heterocycles. The summed E-state index contributed by atoms with van der Waals surface area (Å²) < 4.78 is 0. The van der Waals surface area contributed by atoms with Crippen LogP contribution in [-0.4, -0.2) is 16.7 Å². The Kier molecular flexibility index (Phi) is 4.13. The lowest BCUT2D eigenvalue weighted by molar-refractivity contribution is -0.385. The Morgan fingerprint density at radius 1 is 1.04 bits per heavy atom. The second kappa shape index (κ2) is 6.37. The fourth-order valence-electron chi connectivity index (χ4n) is 4.55. The smallest absolute Gasteiger partial charge is 0.274 e. The Morgan fingerprint density at radius 3 is 2.37 bits per heavy atom. The molecule has 1 fully saturated rings. The highest BCUT2D eigenvalue weighted by Crippen LogP contribution is 2.47. The van der Waals surface area contributed by atoms with Crippen LogP contribution >= 0.6 is 0 Å². The van der Waals surface area contributed by atoms with Crippen molar-refractivity contribution in [2.24, 2.45) is 11.3 Å². The third-order valence-corrected chi connectivity index (χ3v) is 5.64. The zero-order valence-corrected chi connectivity index (χ0v) is 15.4. The Balaban J connectivity index is 1.87. The van der Waals surface area contributed by atoms with Gasteiger partial charge < -0.3 is 10.6 Å². The number of benzene rings is 2. The average Bonchev–Trinajstić information content (AvgIpc) is 2.76. The summed E-state index contributed by atoms with van der Waals surface area (Å²) in [5, 5.41) is 18.6. The molecule has 0 amide bonds. The van der Waals surface area contributed by atoms with Crippen LogP contribution in [0, 0.1) is 21.4 Å². The molecule has 0 spiro atoms. The third kappa shape index (κ3) is 3.16. The molecule has 0 aromatic heterocycles. The van der Waals surface area contributed by atoms with Gasteiger partial charge in [0.05, 0.1) is 33.8 Å². The topological polar surface area (TPSA) is 84.3 Å². The van der Waals surface area contributed by atoms with E-state index in [1.165, 1.54) is 6.07 Å². The lowest BCUT2D eigenvalue weighted by atomic mass is 9.66. The van der Waals surface area contributed by atoms with Crippen LogP contribution in [0.4, 0.5) is 17.1 Å². The number of hydrogen-bond donors (Lipinski definition) is 2. The molecule has 3 atom stereocenters. The molecule has 0 unspecified atom stereocenters. The first kappa shape index (κ1) is 17.5. The van der Waals surface area contributed by atoms with Gasteiger partial charge in [0.1, 0.15) is 5.78 Å². The highest BCUT2D eigenvalue weighted by molar-refractivity contribution is 5.87. The zero-order chi connectivity index (χ0) is 19.2. The molecule has 6 heteroatoms. The number of rotatable bonds is 2. The predicted octanol–water partition coefficient (Wildman–Crippen LogP) is 4.55. The van der Waals surface area contributed by atoms with Gasteiger partial charge in [-0.1, -0.05) is 44.2 Å². The number of nitrogens with one attached hydrogen (secondary N) is 2. The number of carbonyl (C=O) groups excluding carboxylic acids is 1. The van der Waals surface area contributed by atoms with Crippen molar-refractivity contribution >= 4 is 22.8 Å². The summed E-state index contributed by atoms with van der Waals surface area (Å²) in [4.78, 5) is 24.4. The minimum atomic E-state index is -0.448. The van der Waals surface area contributed by atoms with Gasteiger partial charge in [-0.15, -0.1) is 0 Å². The molecule has 27 heavy (non-hydrogen) atoms. The Hall–Kier alpha value is -2.89. The fourth-order valence-corrected chi connectivity index (χ4v) is 4.55. The number of para-hydroxylation sites is 3. The molecule has 2 aromatic carbocycles. The summed E-state index contributed by atoms with van der Waals surface area (Å²) >= 11 is 0. The van der Waals surface area contributed by atoms with E-state index < -0.39 is 6.04 Å². The maximum Gasteiger partial charge on any atom is 0.274 e. The Morgan fingerprint density at radius 2 is 1.67 bits per heavy atom. The number of ketones is 1. The quantitative estimate of drug-likeness (QED) is 0.602. The summed E-state index contributed by atoms with van der Waals surface area (Å²) in [5.41, 5.74) is 2.30. The molecule has 2 N–H and O–H groups in total. The van der Waals surface area contributed by atoms with Crippen molar-refractivity contribution in [3.63, 3.8) is 0 Å². The molecule has 2 aliphatic rings. The highest BCUT2D eigenvalue weighted by Gasteiger charge is 2.47. The molecule has 4 rings (SSSR count). The molecule has 6 nitrogen and oxygen atoms in total. The van der Waals surface area contributed by atoms with Crippen molar-refractivity contribution in [1.29, 1.82) is 0 Å². The van der Waals surface area contributed by atoms with Crippen molar-refractivity contribution in [2.75, 3.05) is 10.6 Å². The maximum absolute atomic E-state index is 13.2. The monoisotopic (exact) mass is 365 g/mol. The first-order valence-electron chi connectivity index (χ1n) is 9.24. The van der Waals surface area contributed by atoms with Gasteiger partial charge in [-0.2, -0.15) is 0 Å². The van der Waals surface area contributed by atoms with E-state index in [0.29, 0.717) is 12.0 Å². The zero-order valence-electron chi connectivity index (χ0n) is 15.4. The van der Waals surface area contributed by atoms with Crippen LogP contribution < -0.4 is 10.6 Å². The molecule has 0 radical (unpaired) electrons. The Labute approximate surface area is 158 Å². The van der Waals surface area contributed by atoms with Crippen LogP contribution in [0.5, 0.6) is 0 Å². The molecule has 2 aromatic rings. The Bertz CT molecular complexity index is 909. The number of fused-ring (bicyclic) bond motifs is 2. The number of Topliss-reactive ketones (excluding diaryl/α,β-unsaturated/α-hetero) is 1. The summed E-state index contributed by atoms with van der Waals surface area (Å²) in [6, 6.07) is 14.0. The van der Waals surface area contributed by atoms with E-state index in [-0.39, 0.29) is 33.8 Å². The van der Waals surface area contributed by atoms with Gasteiger partial charge in [-0.3, -0.25) is 14.9 Å². The SMILES string of the molecule is CC1(C)CC(=O)[C@@H]2[C@H](C1)Nc1ccccc1N[C@H]2c1ccccc1[N+](=O)[O-]. The fraction of sp³-hybridized carbons (Fsp3) is 0.381. The van der Waals surface area contributed by atoms with Crippen molar-refractivity contribution in [2.45, 2.75) is 38.8 Å². The molecular formula is C21H23N3O3. The first-order valence-corrected chi connectivity index (χ1v) is 9.24. The average molecular weight is 365 g/mol.